The Morgan fingerprint density at radius 3 is 2.43 bits per heavy atom. The number of carbonyl (C=O) groups excluding carboxylic acids is 1. The van der Waals surface area contributed by atoms with E-state index in [0.29, 0.717) is 28.4 Å². The summed E-state index contributed by atoms with van der Waals surface area (Å²) in [6.07, 6.45) is 1.76. The fourth-order valence-corrected chi connectivity index (χ4v) is 4.17. The standard InChI is InChI=1S/C30H28O5/c1-19(2)24-17-25-23(16-29(31)35-28(25)14-20(24)3)18-34-30(32)26(21-10-6-5-7-11-21)15-22-12-8-9-13-27(22)33-4/h5-17,19H,18H2,1-4H3. The lowest BCUT2D eigenvalue weighted by atomic mass is 9.95. The molecule has 0 unspecified atom stereocenters. The number of esters is 1. The van der Waals surface area contributed by atoms with E-state index in [-0.39, 0.29) is 6.61 Å². The molecule has 3 aromatic carbocycles. The molecule has 178 valence electrons. The highest BCUT2D eigenvalue weighted by molar-refractivity contribution is 6.21. The summed E-state index contributed by atoms with van der Waals surface area (Å²) in [5.41, 5.74) is 4.69. The molecule has 4 rings (SSSR count). The van der Waals surface area contributed by atoms with Gasteiger partial charge in [0.25, 0.3) is 0 Å². The summed E-state index contributed by atoms with van der Waals surface area (Å²) in [6, 6.07) is 22.1. The Morgan fingerprint density at radius 1 is 1.00 bits per heavy atom. The van der Waals surface area contributed by atoms with Crippen molar-refractivity contribution in [1.82, 2.24) is 0 Å². The minimum absolute atomic E-state index is 0.0579. The molecule has 0 N–H and O–H groups in total. The minimum atomic E-state index is -0.500. The predicted molar refractivity (Wildman–Crippen MR) is 138 cm³/mol. The lowest BCUT2D eigenvalue weighted by Gasteiger charge is -2.14. The second-order valence-electron chi connectivity index (χ2n) is 8.69. The summed E-state index contributed by atoms with van der Waals surface area (Å²) < 4.78 is 16.6. The first-order chi connectivity index (χ1) is 16.9. The zero-order chi connectivity index (χ0) is 24.9. The number of fused-ring (bicyclic) bond motifs is 1. The van der Waals surface area contributed by atoms with Crippen molar-refractivity contribution in [3.05, 3.63) is 111 Å². The second-order valence-corrected chi connectivity index (χ2v) is 8.69. The summed E-state index contributed by atoms with van der Waals surface area (Å²) in [4.78, 5) is 25.6. The quantitative estimate of drug-likeness (QED) is 0.134. The third-order valence-electron chi connectivity index (χ3n) is 5.94. The Labute approximate surface area is 204 Å². The van der Waals surface area contributed by atoms with Crippen LogP contribution in [0.15, 0.2) is 82.0 Å². The van der Waals surface area contributed by atoms with Crippen molar-refractivity contribution >= 4 is 28.6 Å². The number of aryl methyl sites for hydroxylation is 1. The molecule has 35 heavy (non-hydrogen) atoms. The van der Waals surface area contributed by atoms with Crippen LogP contribution >= 0.6 is 0 Å². The molecule has 4 aromatic rings. The van der Waals surface area contributed by atoms with Gasteiger partial charge < -0.3 is 13.9 Å². The molecule has 0 radical (unpaired) electrons. The monoisotopic (exact) mass is 468 g/mol. The summed E-state index contributed by atoms with van der Waals surface area (Å²) in [7, 11) is 1.59. The van der Waals surface area contributed by atoms with E-state index < -0.39 is 11.6 Å². The highest BCUT2D eigenvalue weighted by Crippen LogP contribution is 2.29. The van der Waals surface area contributed by atoms with Crippen LogP contribution in [0.3, 0.4) is 0 Å². The van der Waals surface area contributed by atoms with Gasteiger partial charge in [-0.15, -0.1) is 0 Å². The van der Waals surface area contributed by atoms with Crippen LogP contribution in [0.4, 0.5) is 0 Å². The van der Waals surface area contributed by atoms with Crippen LogP contribution in [-0.4, -0.2) is 13.1 Å². The van der Waals surface area contributed by atoms with Gasteiger partial charge in [0, 0.05) is 22.6 Å². The van der Waals surface area contributed by atoms with E-state index in [1.165, 1.54) is 6.07 Å². The molecule has 0 aliphatic heterocycles. The smallest absolute Gasteiger partial charge is 0.339 e. The first-order valence-electron chi connectivity index (χ1n) is 11.5. The first-order valence-corrected chi connectivity index (χ1v) is 11.5. The molecule has 0 spiro atoms. The SMILES string of the molecule is COc1ccccc1C=C(C(=O)OCc1cc(=O)oc2cc(C)c(C(C)C)cc12)c1ccccc1. The van der Waals surface area contributed by atoms with Gasteiger partial charge in [0.1, 0.15) is 17.9 Å². The van der Waals surface area contributed by atoms with Gasteiger partial charge in [-0.05, 0) is 53.8 Å². The average Bonchev–Trinajstić information content (AvgIpc) is 2.85. The Hall–Kier alpha value is -4.12. The van der Waals surface area contributed by atoms with Crippen molar-refractivity contribution in [1.29, 1.82) is 0 Å². The zero-order valence-electron chi connectivity index (χ0n) is 20.3. The Balaban J connectivity index is 1.71. The Kier molecular flexibility index (Phi) is 7.16. The van der Waals surface area contributed by atoms with Crippen molar-refractivity contribution in [3.8, 4) is 5.75 Å². The van der Waals surface area contributed by atoms with Crippen LogP contribution in [0.2, 0.25) is 0 Å². The molecule has 0 aliphatic carbocycles. The molecule has 1 aromatic heterocycles. The van der Waals surface area contributed by atoms with Crippen molar-refractivity contribution < 1.29 is 18.7 Å². The lowest BCUT2D eigenvalue weighted by Crippen LogP contribution is -2.10. The number of benzene rings is 3. The Morgan fingerprint density at radius 2 is 1.71 bits per heavy atom. The van der Waals surface area contributed by atoms with Crippen LogP contribution in [0.25, 0.3) is 22.6 Å². The van der Waals surface area contributed by atoms with Gasteiger partial charge in [0.15, 0.2) is 0 Å². The molecule has 0 saturated heterocycles. The highest BCUT2D eigenvalue weighted by Gasteiger charge is 2.17. The summed E-state index contributed by atoms with van der Waals surface area (Å²) in [6.45, 7) is 6.16. The van der Waals surface area contributed by atoms with Gasteiger partial charge in [-0.1, -0.05) is 62.4 Å². The maximum atomic E-state index is 13.3. The van der Waals surface area contributed by atoms with Crippen LogP contribution in [0.5, 0.6) is 5.75 Å². The molecule has 0 saturated carbocycles. The van der Waals surface area contributed by atoms with Crippen molar-refractivity contribution in [2.75, 3.05) is 7.11 Å². The van der Waals surface area contributed by atoms with Gasteiger partial charge in [-0.3, -0.25) is 0 Å². The summed E-state index contributed by atoms with van der Waals surface area (Å²) in [5.74, 6) is 0.451. The number of hydrogen-bond donors (Lipinski definition) is 0. The van der Waals surface area contributed by atoms with Crippen LogP contribution < -0.4 is 10.4 Å². The summed E-state index contributed by atoms with van der Waals surface area (Å²) >= 11 is 0. The van der Waals surface area contributed by atoms with Crippen LogP contribution in [0.1, 0.15) is 47.6 Å². The van der Waals surface area contributed by atoms with E-state index >= 15 is 0 Å². The maximum absolute atomic E-state index is 13.3. The van der Waals surface area contributed by atoms with Gasteiger partial charge in [0.05, 0.1) is 12.7 Å². The van der Waals surface area contributed by atoms with E-state index in [9.17, 15) is 9.59 Å². The van der Waals surface area contributed by atoms with Crippen LogP contribution in [0, 0.1) is 6.92 Å². The van der Waals surface area contributed by atoms with E-state index in [0.717, 1.165) is 27.6 Å². The predicted octanol–water partition coefficient (Wildman–Crippen LogP) is 6.52. The molecule has 0 atom stereocenters. The summed E-state index contributed by atoms with van der Waals surface area (Å²) in [5, 5.41) is 0.765. The number of hydrogen-bond acceptors (Lipinski definition) is 5. The zero-order valence-corrected chi connectivity index (χ0v) is 20.3. The van der Waals surface area contributed by atoms with E-state index in [1.807, 2.05) is 73.7 Å². The molecular weight excluding hydrogens is 440 g/mol. The first kappa shape index (κ1) is 24.0. The van der Waals surface area contributed by atoms with Crippen molar-refractivity contribution in [3.63, 3.8) is 0 Å². The molecule has 0 bridgehead atoms. The molecule has 5 nitrogen and oxygen atoms in total. The maximum Gasteiger partial charge on any atom is 0.339 e. The fourth-order valence-electron chi connectivity index (χ4n) is 4.17. The molecule has 5 heteroatoms. The second kappa shape index (κ2) is 10.4. The van der Waals surface area contributed by atoms with Crippen molar-refractivity contribution in [2.24, 2.45) is 0 Å². The van der Waals surface area contributed by atoms with E-state index in [2.05, 4.69) is 13.8 Å². The number of ether oxygens (including phenoxy) is 2. The number of para-hydroxylation sites is 1. The van der Waals surface area contributed by atoms with Gasteiger partial charge >= 0.3 is 11.6 Å². The molecule has 0 amide bonds. The Bertz CT molecular complexity index is 1450. The van der Waals surface area contributed by atoms with Crippen LogP contribution in [-0.2, 0) is 16.1 Å². The minimum Gasteiger partial charge on any atom is -0.496 e. The highest BCUT2D eigenvalue weighted by atomic mass is 16.5. The molecule has 1 heterocycles. The molecule has 0 aliphatic rings. The van der Waals surface area contributed by atoms with Crippen molar-refractivity contribution in [2.45, 2.75) is 33.3 Å². The third-order valence-corrected chi connectivity index (χ3v) is 5.94. The third kappa shape index (κ3) is 5.35. The fraction of sp³-hybridized carbons (Fsp3) is 0.200. The van der Waals surface area contributed by atoms with Gasteiger partial charge in [-0.2, -0.15) is 0 Å². The van der Waals surface area contributed by atoms with E-state index in [4.69, 9.17) is 13.9 Å². The van der Waals surface area contributed by atoms with Gasteiger partial charge in [0.2, 0.25) is 0 Å². The average molecular weight is 469 g/mol. The topological polar surface area (TPSA) is 65.7 Å². The lowest BCUT2D eigenvalue weighted by molar-refractivity contribution is -0.137. The number of carbonyl (C=O) groups is 1. The number of rotatable bonds is 7. The van der Waals surface area contributed by atoms with E-state index in [1.54, 1.807) is 13.2 Å². The van der Waals surface area contributed by atoms with Gasteiger partial charge in [-0.25, -0.2) is 9.59 Å². The molecule has 0 fully saturated rings. The number of methoxy groups -OCH3 is 1. The largest absolute Gasteiger partial charge is 0.496 e. The normalized spacial score (nSPS) is 11.6. The molecular formula is C30H28O5.